The van der Waals surface area contributed by atoms with Gasteiger partial charge < -0.3 is 19.7 Å². The highest BCUT2D eigenvalue weighted by Crippen LogP contribution is 2.16. The van der Waals surface area contributed by atoms with Gasteiger partial charge in [0.05, 0.1) is 18.6 Å². The number of benzene rings is 1. The Kier molecular flexibility index (Phi) is 5.39. The summed E-state index contributed by atoms with van der Waals surface area (Å²) < 4.78 is 7.05. The van der Waals surface area contributed by atoms with E-state index in [2.05, 4.69) is 5.32 Å². The number of ether oxygens (including phenoxy) is 1. The average molecular weight is 318 g/mol. The Morgan fingerprint density at radius 2 is 2.04 bits per heavy atom. The van der Waals surface area contributed by atoms with Gasteiger partial charge in [-0.15, -0.1) is 0 Å². The van der Waals surface area contributed by atoms with E-state index in [0.717, 1.165) is 10.9 Å². The number of nitrogens with one attached hydrogen (secondary N) is 1. The normalized spacial score (nSPS) is 13.7. The lowest BCUT2D eigenvalue weighted by Crippen LogP contribution is -2.50. The number of aliphatic carboxylic acids is 1. The third kappa shape index (κ3) is 4.56. The molecule has 1 aromatic heterocycles. The van der Waals surface area contributed by atoms with Gasteiger partial charge >= 0.3 is 5.97 Å². The summed E-state index contributed by atoms with van der Waals surface area (Å²) in [5, 5.41) is 12.9. The molecule has 0 fully saturated rings. The molecule has 6 nitrogen and oxygen atoms in total. The first kappa shape index (κ1) is 17.0. The fourth-order valence-corrected chi connectivity index (χ4v) is 2.74. The van der Waals surface area contributed by atoms with Gasteiger partial charge in [-0.05, 0) is 24.4 Å². The van der Waals surface area contributed by atoms with E-state index in [4.69, 9.17) is 9.84 Å². The molecule has 0 bridgehead atoms. The molecule has 2 N–H and O–H groups in total. The van der Waals surface area contributed by atoms with Crippen molar-refractivity contribution >= 4 is 22.8 Å². The lowest BCUT2D eigenvalue weighted by molar-refractivity contribution is -0.139. The highest BCUT2D eigenvalue weighted by molar-refractivity contribution is 5.81. The number of fused-ring (bicyclic) bond motifs is 1. The lowest BCUT2D eigenvalue weighted by atomic mass is 9.98. The summed E-state index contributed by atoms with van der Waals surface area (Å²) >= 11 is 0. The highest BCUT2D eigenvalue weighted by atomic mass is 16.5. The standard InChI is InChI=1S/C17H22N2O4/c1-17(12-23-2,11-16(21)22)18-15(20)8-10-19-9-7-13-5-3-4-6-14(13)19/h3-7,9H,8,10-12H2,1-2H3,(H,18,20)(H,21,22). The Bertz CT molecular complexity index is 695. The number of amides is 1. The van der Waals surface area contributed by atoms with Crippen molar-refractivity contribution in [3.05, 3.63) is 36.5 Å². The van der Waals surface area contributed by atoms with Crippen molar-refractivity contribution < 1.29 is 19.4 Å². The summed E-state index contributed by atoms with van der Waals surface area (Å²) in [4.78, 5) is 23.1. The lowest BCUT2D eigenvalue weighted by Gasteiger charge is -2.28. The van der Waals surface area contributed by atoms with Crippen molar-refractivity contribution in [1.29, 1.82) is 0 Å². The maximum atomic E-state index is 12.2. The summed E-state index contributed by atoms with van der Waals surface area (Å²) in [7, 11) is 1.48. The third-order valence-corrected chi connectivity index (χ3v) is 3.71. The molecule has 1 atom stereocenters. The SMILES string of the molecule is COCC(C)(CC(=O)O)NC(=O)CCn1ccc2ccccc21. The number of carbonyl (C=O) groups excluding carboxylic acids is 1. The van der Waals surface area contributed by atoms with Crippen LogP contribution in [0, 0.1) is 0 Å². The minimum absolute atomic E-state index is 0.150. The second-order valence-electron chi connectivity index (χ2n) is 5.93. The molecule has 2 aromatic rings. The number of carboxylic acids is 1. The van der Waals surface area contributed by atoms with Crippen LogP contribution in [0.15, 0.2) is 36.5 Å². The van der Waals surface area contributed by atoms with Crippen LogP contribution in [0.4, 0.5) is 0 Å². The second-order valence-corrected chi connectivity index (χ2v) is 5.93. The Morgan fingerprint density at radius 1 is 1.30 bits per heavy atom. The van der Waals surface area contributed by atoms with Crippen LogP contribution in [-0.4, -0.2) is 40.8 Å². The predicted octanol–water partition coefficient (Wildman–Crippen LogP) is 2.03. The molecule has 1 unspecified atom stereocenters. The van der Waals surface area contributed by atoms with Crippen LogP contribution in [0.2, 0.25) is 0 Å². The molecule has 2 rings (SSSR count). The van der Waals surface area contributed by atoms with E-state index in [1.807, 2.05) is 41.1 Å². The topological polar surface area (TPSA) is 80.6 Å². The number of methoxy groups -OCH3 is 1. The van der Waals surface area contributed by atoms with Crippen LogP contribution in [0.3, 0.4) is 0 Å². The number of rotatable bonds is 8. The molecular formula is C17H22N2O4. The van der Waals surface area contributed by atoms with Crippen molar-refractivity contribution in [2.24, 2.45) is 0 Å². The number of nitrogens with zero attached hydrogens (tertiary/aromatic N) is 1. The van der Waals surface area contributed by atoms with Crippen molar-refractivity contribution in [3.63, 3.8) is 0 Å². The van der Waals surface area contributed by atoms with Crippen LogP contribution in [0.5, 0.6) is 0 Å². The molecule has 0 radical (unpaired) electrons. The number of carboxylic acid groups (broad SMARTS) is 1. The van der Waals surface area contributed by atoms with E-state index in [-0.39, 0.29) is 25.4 Å². The minimum atomic E-state index is -0.971. The third-order valence-electron chi connectivity index (χ3n) is 3.71. The fourth-order valence-electron chi connectivity index (χ4n) is 2.74. The molecule has 0 aliphatic heterocycles. The molecule has 1 heterocycles. The first-order valence-electron chi connectivity index (χ1n) is 7.49. The predicted molar refractivity (Wildman–Crippen MR) is 87.2 cm³/mol. The zero-order chi connectivity index (χ0) is 16.9. The summed E-state index contributed by atoms with van der Waals surface area (Å²) in [5.74, 6) is -1.16. The molecule has 0 aliphatic rings. The molecule has 124 valence electrons. The van der Waals surface area contributed by atoms with E-state index in [0.29, 0.717) is 6.54 Å². The zero-order valence-electron chi connectivity index (χ0n) is 13.4. The number of carbonyl (C=O) groups is 2. The van der Waals surface area contributed by atoms with Gasteiger partial charge in [0.2, 0.25) is 5.91 Å². The van der Waals surface area contributed by atoms with Gasteiger partial charge in [0.15, 0.2) is 0 Å². The molecule has 0 saturated carbocycles. The maximum Gasteiger partial charge on any atom is 0.305 e. The van der Waals surface area contributed by atoms with Gasteiger partial charge in [-0.2, -0.15) is 0 Å². The van der Waals surface area contributed by atoms with Gasteiger partial charge in [0, 0.05) is 31.8 Å². The Hall–Kier alpha value is -2.34. The van der Waals surface area contributed by atoms with Crippen molar-refractivity contribution in [2.75, 3.05) is 13.7 Å². The van der Waals surface area contributed by atoms with Crippen molar-refractivity contribution in [2.45, 2.75) is 31.8 Å². The van der Waals surface area contributed by atoms with Gasteiger partial charge in [-0.3, -0.25) is 9.59 Å². The first-order chi connectivity index (χ1) is 10.9. The molecule has 0 aliphatic carbocycles. The smallest absolute Gasteiger partial charge is 0.305 e. The number of hydrogen-bond donors (Lipinski definition) is 2. The molecule has 23 heavy (non-hydrogen) atoms. The molecular weight excluding hydrogens is 296 g/mol. The fraction of sp³-hybridized carbons (Fsp3) is 0.412. The van der Waals surface area contributed by atoms with Gasteiger partial charge in [-0.1, -0.05) is 18.2 Å². The number of para-hydroxylation sites is 1. The maximum absolute atomic E-state index is 12.2. The first-order valence-corrected chi connectivity index (χ1v) is 7.49. The summed E-state index contributed by atoms with van der Waals surface area (Å²) in [5.41, 5.74) is 0.168. The van der Waals surface area contributed by atoms with Crippen LogP contribution in [0.1, 0.15) is 19.8 Å². The molecule has 0 spiro atoms. The minimum Gasteiger partial charge on any atom is -0.481 e. The van der Waals surface area contributed by atoms with Gasteiger partial charge in [0.1, 0.15) is 0 Å². The van der Waals surface area contributed by atoms with Crippen molar-refractivity contribution in [1.82, 2.24) is 9.88 Å². The van der Waals surface area contributed by atoms with Crippen LogP contribution < -0.4 is 5.32 Å². The monoisotopic (exact) mass is 318 g/mol. The molecule has 1 aromatic carbocycles. The summed E-state index contributed by atoms with van der Waals surface area (Å²) in [6.07, 6.45) is 2.04. The van der Waals surface area contributed by atoms with E-state index in [1.54, 1.807) is 6.92 Å². The molecule has 6 heteroatoms. The second kappa shape index (κ2) is 7.28. The number of hydrogen-bond acceptors (Lipinski definition) is 3. The molecule has 1 amide bonds. The highest BCUT2D eigenvalue weighted by Gasteiger charge is 2.29. The van der Waals surface area contributed by atoms with E-state index >= 15 is 0 Å². The molecule has 0 saturated heterocycles. The summed E-state index contributed by atoms with van der Waals surface area (Å²) in [6.45, 7) is 2.36. The largest absolute Gasteiger partial charge is 0.481 e. The number of aromatic nitrogens is 1. The Labute approximate surface area is 135 Å². The van der Waals surface area contributed by atoms with E-state index < -0.39 is 11.5 Å². The van der Waals surface area contributed by atoms with E-state index in [1.165, 1.54) is 7.11 Å². The average Bonchev–Trinajstić information content (AvgIpc) is 2.87. The van der Waals surface area contributed by atoms with Crippen molar-refractivity contribution in [3.8, 4) is 0 Å². The van der Waals surface area contributed by atoms with Crippen LogP contribution in [0.25, 0.3) is 10.9 Å². The van der Waals surface area contributed by atoms with Crippen LogP contribution in [-0.2, 0) is 20.9 Å². The Morgan fingerprint density at radius 3 is 2.74 bits per heavy atom. The van der Waals surface area contributed by atoms with Crippen LogP contribution >= 0.6 is 0 Å². The summed E-state index contributed by atoms with van der Waals surface area (Å²) in [6, 6.07) is 9.97. The quantitative estimate of drug-likeness (QED) is 0.780. The van der Waals surface area contributed by atoms with E-state index in [9.17, 15) is 9.59 Å². The van der Waals surface area contributed by atoms with Gasteiger partial charge in [-0.25, -0.2) is 0 Å². The zero-order valence-corrected chi connectivity index (χ0v) is 13.4. The Balaban J connectivity index is 1.97. The van der Waals surface area contributed by atoms with Gasteiger partial charge in [0.25, 0.3) is 0 Å². The number of aryl methyl sites for hydroxylation is 1.